The SMILES string of the molecule is COC(=O)c1nc(C2CCCOC2)sc1C. The molecule has 5 heteroatoms. The van der Waals surface area contributed by atoms with E-state index in [9.17, 15) is 4.79 Å². The lowest BCUT2D eigenvalue weighted by Gasteiger charge is -2.19. The number of nitrogens with zero attached hydrogens (tertiary/aromatic N) is 1. The van der Waals surface area contributed by atoms with E-state index in [0.29, 0.717) is 18.2 Å². The number of ether oxygens (including phenoxy) is 2. The summed E-state index contributed by atoms with van der Waals surface area (Å²) < 4.78 is 10.1. The maximum Gasteiger partial charge on any atom is 0.357 e. The van der Waals surface area contributed by atoms with Crippen LogP contribution in [0.15, 0.2) is 0 Å². The van der Waals surface area contributed by atoms with E-state index in [1.165, 1.54) is 7.11 Å². The molecule has 1 aliphatic rings. The van der Waals surface area contributed by atoms with E-state index < -0.39 is 0 Å². The molecule has 1 saturated heterocycles. The number of esters is 1. The number of aromatic nitrogens is 1. The molecule has 1 fully saturated rings. The van der Waals surface area contributed by atoms with Gasteiger partial charge in [-0.3, -0.25) is 0 Å². The van der Waals surface area contributed by atoms with Crippen molar-refractivity contribution in [3.63, 3.8) is 0 Å². The van der Waals surface area contributed by atoms with Crippen LogP contribution in [0.3, 0.4) is 0 Å². The smallest absolute Gasteiger partial charge is 0.357 e. The Hall–Kier alpha value is -0.940. The van der Waals surface area contributed by atoms with Crippen molar-refractivity contribution in [3.8, 4) is 0 Å². The third-order valence-corrected chi connectivity index (χ3v) is 3.83. The first-order valence-electron chi connectivity index (χ1n) is 5.35. The van der Waals surface area contributed by atoms with Gasteiger partial charge >= 0.3 is 5.97 Å². The van der Waals surface area contributed by atoms with Crippen LogP contribution in [-0.2, 0) is 9.47 Å². The Balaban J connectivity index is 2.19. The molecule has 0 amide bonds. The fourth-order valence-electron chi connectivity index (χ4n) is 1.81. The summed E-state index contributed by atoms with van der Waals surface area (Å²) >= 11 is 1.57. The van der Waals surface area contributed by atoms with Crippen LogP contribution in [0.2, 0.25) is 0 Å². The molecule has 1 aliphatic heterocycles. The molecule has 0 aliphatic carbocycles. The molecular formula is C11H15NO3S. The van der Waals surface area contributed by atoms with Crippen molar-refractivity contribution in [2.45, 2.75) is 25.7 Å². The van der Waals surface area contributed by atoms with Gasteiger partial charge in [0.1, 0.15) is 0 Å². The quantitative estimate of drug-likeness (QED) is 0.744. The second kappa shape index (κ2) is 4.93. The van der Waals surface area contributed by atoms with Crippen LogP contribution in [0.4, 0.5) is 0 Å². The normalized spacial score (nSPS) is 20.8. The van der Waals surface area contributed by atoms with Crippen LogP contribution in [0.5, 0.6) is 0 Å². The van der Waals surface area contributed by atoms with Gasteiger partial charge in [-0.1, -0.05) is 0 Å². The van der Waals surface area contributed by atoms with Crippen LogP contribution in [-0.4, -0.2) is 31.3 Å². The van der Waals surface area contributed by atoms with Gasteiger partial charge in [0.05, 0.1) is 18.7 Å². The average Bonchev–Trinajstić information content (AvgIpc) is 2.71. The monoisotopic (exact) mass is 241 g/mol. The lowest BCUT2D eigenvalue weighted by molar-refractivity contribution is 0.0592. The van der Waals surface area contributed by atoms with E-state index in [-0.39, 0.29) is 5.97 Å². The van der Waals surface area contributed by atoms with Gasteiger partial charge in [0.25, 0.3) is 0 Å². The van der Waals surface area contributed by atoms with Crippen molar-refractivity contribution in [3.05, 3.63) is 15.6 Å². The van der Waals surface area contributed by atoms with Crippen LogP contribution >= 0.6 is 11.3 Å². The third-order valence-electron chi connectivity index (χ3n) is 2.70. The molecule has 0 bridgehead atoms. The number of rotatable bonds is 2. The Morgan fingerprint density at radius 3 is 3.06 bits per heavy atom. The lowest BCUT2D eigenvalue weighted by Crippen LogP contribution is -2.15. The molecule has 0 spiro atoms. The Bertz CT molecular complexity index is 383. The summed E-state index contributed by atoms with van der Waals surface area (Å²) in [5.74, 6) is -0.00687. The number of carbonyl (C=O) groups is 1. The summed E-state index contributed by atoms with van der Waals surface area (Å²) in [5.41, 5.74) is 0.452. The highest BCUT2D eigenvalue weighted by Crippen LogP contribution is 2.30. The van der Waals surface area contributed by atoms with Crippen LogP contribution in [0, 0.1) is 6.92 Å². The molecule has 1 aromatic heterocycles. The number of hydrogen-bond acceptors (Lipinski definition) is 5. The average molecular weight is 241 g/mol. The summed E-state index contributed by atoms with van der Waals surface area (Å²) in [7, 11) is 1.38. The maximum absolute atomic E-state index is 11.4. The largest absolute Gasteiger partial charge is 0.464 e. The number of thiazole rings is 1. The molecule has 0 aromatic carbocycles. The molecule has 0 radical (unpaired) electrons. The van der Waals surface area contributed by atoms with Crippen molar-refractivity contribution < 1.29 is 14.3 Å². The summed E-state index contributed by atoms with van der Waals surface area (Å²) in [6, 6.07) is 0. The topological polar surface area (TPSA) is 48.4 Å². The summed E-state index contributed by atoms with van der Waals surface area (Å²) in [4.78, 5) is 16.7. The number of aryl methyl sites for hydroxylation is 1. The number of methoxy groups -OCH3 is 1. The summed E-state index contributed by atoms with van der Waals surface area (Å²) in [6.45, 7) is 3.45. The highest BCUT2D eigenvalue weighted by Gasteiger charge is 2.23. The standard InChI is InChI=1S/C11H15NO3S/c1-7-9(11(13)14-2)12-10(16-7)8-4-3-5-15-6-8/h8H,3-6H2,1-2H3. The zero-order chi connectivity index (χ0) is 11.5. The van der Waals surface area contributed by atoms with E-state index in [1.807, 2.05) is 6.92 Å². The second-order valence-corrected chi connectivity index (χ2v) is 5.10. The predicted octanol–water partition coefficient (Wildman–Crippen LogP) is 2.13. The maximum atomic E-state index is 11.4. The van der Waals surface area contributed by atoms with E-state index >= 15 is 0 Å². The number of hydrogen-bond donors (Lipinski definition) is 0. The van der Waals surface area contributed by atoms with Crippen molar-refractivity contribution in [1.29, 1.82) is 0 Å². The van der Waals surface area contributed by atoms with Crippen molar-refractivity contribution >= 4 is 17.3 Å². The molecule has 16 heavy (non-hydrogen) atoms. The van der Waals surface area contributed by atoms with Crippen LogP contribution < -0.4 is 0 Å². The van der Waals surface area contributed by atoms with E-state index in [1.54, 1.807) is 11.3 Å². The van der Waals surface area contributed by atoms with E-state index in [2.05, 4.69) is 4.98 Å². The van der Waals surface area contributed by atoms with Gasteiger partial charge in [-0.05, 0) is 19.8 Å². The molecule has 0 saturated carbocycles. The van der Waals surface area contributed by atoms with Crippen molar-refractivity contribution in [2.75, 3.05) is 20.3 Å². The highest BCUT2D eigenvalue weighted by atomic mass is 32.1. The Morgan fingerprint density at radius 1 is 1.62 bits per heavy atom. The molecular weight excluding hydrogens is 226 g/mol. The molecule has 88 valence electrons. The minimum absolute atomic E-state index is 0.343. The number of carbonyl (C=O) groups excluding carboxylic acids is 1. The molecule has 1 atom stereocenters. The summed E-state index contributed by atoms with van der Waals surface area (Å²) in [5, 5.41) is 0.998. The first kappa shape index (κ1) is 11.5. The molecule has 1 aromatic rings. The fourth-order valence-corrected chi connectivity index (χ4v) is 2.84. The van der Waals surface area contributed by atoms with Gasteiger partial charge in [-0.25, -0.2) is 9.78 Å². The molecule has 4 nitrogen and oxygen atoms in total. The third kappa shape index (κ3) is 2.25. The predicted molar refractivity (Wildman–Crippen MR) is 61.0 cm³/mol. The highest BCUT2D eigenvalue weighted by molar-refractivity contribution is 7.12. The van der Waals surface area contributed by atoms with E-state index in [4.69, 9.17) is 9.47 Å². The Morgan fingerprint density at radius 2 is 2.44 bits per heavy atom. The van der Waals surface area contributed by atoms with Crippen LogP contribution in [0.1, 0.15) is 39.1 Å². The Labute approximate surface area is 98.6 Å². The van der Waals surface area contributed by atoms with Gasteiger partial charge in [0.15, 0.2) is 5.69 Å². The minimum atomic E-state index is -0.350. The van der Waals surface area contributed by atoms with Gasteiger partial charge in [-0.15, -0.1) is 11.3 Å². The van der Waals surface area contributed by atoms with E-state index in [0.717, 1.165) is 29.3 Å². The molecule has 2 rings (SSSR count). The van der Waals surface area contributed by atoms with Gasteiger partial charge < -0.3 is 9.47 Å². The van der Waals surface area contributed by atoms with Gasteiger partial charge in [0, 0.05) is 17.4 Å². The molecule has 1 unspecified atom stereocenters. The Kier molecular flexibility index (Phi) is 3.56. The second-order valence-electron chi connectivity index (χ2n) is 3.86. The van der Waals surface area contributed by atoms with Crippen molar-refractivity contribution in [2.24, 2.45) is 0 Å². The van der Waals surface area contributed by atoms with Crippen LogP contribution in [0.25, 0.3) is 0 Å². The van der Waals surface area contributed by atoms with Crippen molar-refractivity contribution in [1.82, 2.24) is 4.98 Å². The van der Waals surface area contributed by atoms with Gasteiger partial charge in [0.2, 0.25) is 0 Å². The first-order chi connectivity index (χ1) is 7.72. The lowest BCUT2D eigenvalue weighted by atomic mass is 10.0. The molecule has 0 N–H and O–H groups in total. The minimum Gasteiger partial charge on any atom is -0.464 e. The first-order valence-corrected chi connectivity index (χ1v) is 6.17. The summed E-state index contributed by atoms with van der Waals surface area (Å²) in [6.07, 6.45) is 2.16. The van der Waals surface area contributed by atoms with Gasteiger partial charge in [-0.2, -0.15) is 0 Å². The zero-order valence-corrected chi connectivity index (χ0v) is 10.3. The molecule has 2 heterocycles. The zero-order valence-electron chi connectivity index (χ0n) is 9.49. The fraction of sp³-hybridized carbons (Fsp3) is 0.636.